The monoisotopic (exact) mass is 301 g/mol. The SMILES string of the molecule is Cc1cccc(-c2[nH]ncc2CNCCC(C)(C)C(=O)O)c1. The number of nitrogens with one attached hydrogen (secondary N) is 2. The molecule has 0 spiro atoms. The van der Waals surface area contributed by atoms with Gasteiger partial charge in [-0.15, -0.1) is 0 Å². The first-order chi connectivity index (χ1) is 10.4. The highest BCUT2D eigenvalue weighted by atomic mass is 16.4. The molecule has 0 fully saturated rings. The first kappa shape index (κ1) is 16.2. The predicted octanol–water partition coefficient (Wildman–Crippen LogP) is 2.98. The standard InChI is InChI=1S/C17H23N3O2/c1-12-5-4-6-13(9-12)15-14(11-19-20-15)10-18-8-7-17(2,3)16(21)22/h4-6,9,11,18H,7-8,10H2,1-3H3,(H,19,20)(H,21,22). The lowest BCUT2D eigenvalue weighted by Crippen LogP contribution is -2.28. The summed E-state index contributed by atoms with van der Waals surface area (Å²) in [6.45, 7) is 6.86. The number of carbonyl (C=O) groups is 1. The van der Waals surface area contributed by atoms with E-state index in [0.717, 1.165) is 16.8 Å². The summed E-state index contributed by atoms with van der Waals surface area (Å²) in [5, 5.41) is 19.6. The highest BCUT2D eigenvalue weighted by Crippen LogP contribution is 2.22. The van der Waals surface area contributed by atoms with Crippen molar-refractivity contribution in [3.63, 3.8) is 0 Å². The summed E-state index contributed by atoms with van der Waals surface area (Å²) in [4.78, 5) is 11.1. The third kappa shape index (κ3) is 3.95. The van der Waals surface area contributed by atoms with Crippen LogP contribution in [0.2, 0.25) is 0 Å². The second-order valence-corrected chi connectivity index (χ2v) is 6.26. The number of benzene rings is 1. The van der Waals surface area contributed by atoms with Gasteiger partial charge in [-0.1, -0.05) is 23.8 Å². The molecular formula is C17H23N3O2. The Morgan fingerprint density at radius 3 is 2.86 bits per heavy atom. The molecule has 22 heavy (non-hydrogen) atoms. The van der Waals surface area contributed by atoms with Crippen molar-refractivity contribution in [2.75, 3.05) is 6.54 Å². The van der Waals surface area contributed by atoms with Gasteiger partial charge in [0, 0.05) is 17.7 Å². The van der Waals surface area contributed by atoms with Crippen LogP contribution in [0.3, 0.4) is 0 Å². The second kappa shape index (κ2) is 6.75. The Hall–Kier alpha value is -2.14. The zero-order valence-corrected chi connectivity index (χ0v) is 13.3. The fourth-order valence-electron chi connectivity index (χ4n) is 2.23. The molecule has 3 N–H and O–H groups in total. The van der Waals surface area contributed by atoms with E-state index in [9.17, 15) is 4.79 Å². The van der Waals surface area contributed by atoms with Crippen molar-refractivity contribution in [3.8, 4) is 11.3 Å². The number of nitrogens with zero attached hydrogens (tertiary/aromatic N) is 1. The van der Waals surface area contributed by atoms with Crippen molar-refractivity contribution in [1.82, 2.24) is 15.5 Å². The lowest BCUT2D eigenvalue weighted by molar-refractivity contribution is -0.147. The molecule has 0 aliphatic heterocycles. The molecule has 0 aliphatic carbocycles. The zero-order valence-electron chi connectivity index (χ0n) is 13.3. The summed E-state index contributed by atoms with van der Waals surface area (Å²) in [7, 11) is 0. The van der Waals surface area contributed by atoms with Gasteiger partial charge < -0.3 is 10.4 Å². The number of carboxylic acids is 1. The summed E-state index contributed by atoms with van der Waals surface area (Å²) in [5.74, 6) is -0.766. The van der Waals surface area contributed by atoms with Gasteiger partial charge in [0.05, 0.1) is 17.3 Å². The summed E-state index contributed by atoms with van der Waals surface area (Å²) in [6.07, 6.45) is 2.40. The van der Waals surface area contributed by atoms with Gasteiger partial charge in [0.2, 0.25) is 0 Å². The van der Waals surface area contributed by atoms with E-state index >= 15 is 0 Å². The van der Waals surface area contributed by atoms with Crippen LogP contribution < -0.4 is 5.32 Å². The van der Waals surface area contributed by atoms with E-state index in [2.05, 4.69) is 40.6 Å². The summed E-state index contributed by atoms with van der Waals surface area (Å²) >= 11 is 0. The smallest absolute Gasteiger partial charge is 0.309 e. The molecule has 0 radical (unpaired) electrons. The third-order valence-electron chi connectivity index (χ3n) is 3.85. The average molecular weight is 301 g/mol. The fourth-order valence-corrected chi connectivity index (χ4v) is 2.23. The molecule has 5 nitrogen and oxygen atoms in total. The van der Waals surface area contributed by atoms with Gasteiger partial charge in [-0.2, -0.15) is 5.10 Å². The summed E-state index contributed by atoms with van der Waals surface area (Å²) in [5.41, 5.74) is 3.70. The van der Waals surface area contributed by atoms with Crippen molar-refractivity contribution in [2.45, 2.75) is 33.7 Å². The minimum atomic E-state index is -0.766. The number of carboxylic acid groups (broad SMARTS) is 1. The Balaban J connectivity index is 1.95. The topological polar surface area (TPSA) is 78.0 Å². The van der Waals surface area contributed by atoms with E-state index in [4.69, 9.17) is 5.11 Å². The number of aliphatic carboxylic acids is 1. The average Bonchev–Trinajstić information content (AvgIpc) is 2.92. The molecular weight excluding hydrogens is 278 g/mol. The highest BCUT2D eigenvalue weighted by Gasteiger charge is 2.26. The second-order valence-electron chi connectivity index (χ2n) is 6.26. The largest absolute Gasteiger partial charge is 0.481 e. The van der Waals surface area contributed by atoms with Gasteiger partial charge in [0.25, 0.3) is 0 Å². The molecule has 1 aromatic heterocycles. The predicted molar refractivity (Wildman–Crippen MR) is 86.5 cm³/mol. The molecule has 0 unspecified atom stereocenters. The van der Waals surface area contributed by atoms with Crippen LogP contribution in [0.5, 0.6) is 0 Å². The van der Waals surface area contributed by atoms with E-state index in [1.165, 1.54) is 5.56 Å². The number of rotatable bonds is 7. The van der Waals surface area contributed by atoms with Crippen LogP contribution in [-0.4, -0.2) is 27.8 Å². The molecule has 0 aliphatic rings. The van der Waals surface area contributed by atoms with Gasteiger partial charge in [0.1, 0.15) is 0 Å². The summed E-state index contributed by atoms with van der Waals surface area (Å²) < 4.78 is 0. The number of aromatic nitrogens is 2. The first-order valence-corrected chi connectivity index (χ1v) is 7.43. The van der Waals surface area contributed by atoms with Crippen LogP contribution in [0, 0.1) is 12.3 Å². The Labute approximate surface area is 130 Å². The maximum atomic E-state index is 11.1. The lowest BCUT2D eigenvalue weighted by Gasteiger charge is -2.18. The number of aryl methyl sites for hydroxylation is 1. The maximum absolute atomic E-state index is 11.1. The lowest BCUT2D eigenvalue weighted by atomic mass is 9.90. The van der Waals surface area contributed by atoms with Crippen molar-refractivity contribution >= 4 is 5.97 Å². The van der Waals surface area contributed by atoms with Crippen LogP contribution in [0.15, 0.2) is 30.5 Å². The highest BCUT2D eigenvalue weighted by molar-refractivity contribution is 5.73. The van der Waals surface area contributed by atoms with Crippen LogP contribution >= 0.6 is 0 Å². The molecule has 2 rings (SSSR count). The van der Waals surface area contributed by atoms with E-state index in [1.54, 1.807) is 13.8 Å². The Morgan fingerprint density at radius 2 is 2.18 bits per heavy atom. The van der Waals surface area contributed by atoms with E-state index in [1.807, 2.05) is 12.3 Å². The van der Waals surface area contributed by atoms with E-state index < -0.39 is 11.4 Å². The fraction of sp³-hybridized carbons (Fsp3) is 0.412. The van der Waals surface area contributed by atoms with E-state index in [-0.39, 0.29) is 0 Å². The quantitative estimate of drug-likeness (QED) is 0.687. The molecule has 5 heteroatoms. The summed E-state index contributed by atoms with van der Waals surface area (Å²) in [6, 6.07) is 8.26. The number of H-pyrrole nitrogens is 1. The third-order valence-corrected chi connectivity index (χ3v) is 3.85. The van der Waals surface area contributed by atoms with Crippen molar-refractivity contribution < 1.29 is 9.90 Å². The van der Waals surface area contributed by atoms with Crippen LogP contribution in [0.1, 0.15) is 31.4 Å². The van der Waals surface area contributed by atoms with Crippen molar-refractivity contribution in [3.05, 3.63) is 41.6 Å². The minimum absolute atomic E-state index is 0.583. The molecule has 0 saturated carbocycles. The molecule has 1 aromatic carbocycles. The van der Waals surface area contributed by atoms with E-state index in [0.29, 0.717) is 19.5 Å². The Kier molecular flexibility index (Phi) is 4.98. The van der Waals surface area contributed by atoms with Gasteiger partial charge in [-0.3, -0.25) is 9.89 Å². The number of hydrogen-bond donors (Lipinski definition) is 3. The normalized spacial score (nSPS) is 11.6. The number of hydrogen-bond acceptors (Lipinski definition) is 3. The van der Waals surface area contributed by atoms with Crippen LogP contribution in [-0.2, 0) is 11.3 Å². The molecule has 0 bridgehead atoms. The molecule has 0 amide bonds. The van der Waals surface area contributed by atoms with Gasteiger partial charge in [0.15, 0.2) is 0 Å². The van der Waals surface area contributed by atoms with Crippen molar-refractivity contribution in [2.24, 2.45) is 5.41 Å². The van der Waals surface area contributed by atoms with Gasteiger partial charge in [-0.25, -0.2) is 0 Å². The van der Waals surface area contributed by atoms with Crippen LogP contribution in [0.4, 0.5) is 0 Å². The molecule has 2 aromatic rings. The Morgan fingerprint density at radius 1 is 1.41 bits per heavy atom. The Bertz CT molecular complexity index is 647. The van der Waals surface area contributed by atoms with Crippen molar-refractivity contribution in [1.29, 1.82) is 0 Å². The molecule has 0 saturated heterocycles. The first-order valence-electron chi connectivity index (χ1n) is 7.43. The van der Waals surface area contributed by atoms with Gasteiger partial charge in [-0.05, 0) is 39.8 Å². The van der Waals surface area contributed by atoms with Crippen LogP contribution in [0.25, 0.3) is 11.3 Å². The molecule has 118 valence electrons. The number of aromatic amines is 1. The molecule has 0 atom stereocenters. The van der Waals surface area contributed by atoms with Gasteiger partial charge >= 0.3 is 5.97 Å². The minimum Gasteiger partial charge on any atom is -0.481 e. The zero-order chi connectivity index (χ0) is 16.2. The molecule has 1 heterocycles. The maximum Gasteiger partial charge on any atom is 0.309 e.